The summed E-state index contributed by atoms with van der Waals surface area (Å²) in [5.41, 5.74) is 0.0114. The van der Waals surface area contributed by atoms with E-state index in [-0.39, 0.29) is 48.1 Å². The maximum absolute atomic E-state index is 14.9. The Balaban J connectivity index is 0.000000226. The largest absolute Gasteiger partial charge is 0.465 e. The van der Waals surface area contributed by atoms with E-state index in [0.717, 1.165) is 7.11 Å². The van der Waals surface area contributed by atoms with Crippen LogP contribution in [0.15, 0.2) is 24.3 Å². The molecule has 2 aromatic carbocycles. The molecule has 4 aliphatic heterocycles. The Morgan fingerprint density at radius 2 is 1.26 bits per heavy atom. The first-order chi connectivity index (χ1) is 27.2. The highest BCUT2D eigenvalue weighted by Gasteiger charge is 2.41. The summed E-state index contributed by atoms with van der Waals surface area (Å²) < 4.78 is 44.5. The Hall–Kier alpha value is -5.81. The van der Waals surface area contributed by atoms with Gasteiger partial charge in [-0.25, -0.2) is 23.2 Å². The number of amides is 5. The topological polar surface area (TPSA) is 175 Å². The highest BCUT2D eigenvalue weighted by molar-refractivity contribution is 6.05. The summed E-state index contributed by atoms with van der Waals surface area (Å²) in [5.74, 6) is -3.77. The standard InChI is InChI=1S/C22H27FN4O5.C18H23FN2O5/c1-22(2,3)32-21(31)26-8-6-25(7-9-26)14-10-13-12-27(20(30)18(13)15(23)11-14)16-4-5-17(28)24-19(16)29;1-18(2,3)26-17(24)21-7-5-20(6-8-21)13-9-12(11-22)15(14(19)10-13)16(23)25-4/h10-11,16H,4-9,12H2,1-3H3,(H,24,28,29);9-11H,5-8H2,1-4H3. The van der Waals surface area contributed by atoms with Gasteiger partial charge in [0.25, 0.3) is 5.91 Å². The Kier molecular flexibility index (Phi) is 13.0. The van der Waals surface area contributed by atoms with E-state index in [1.54, 1.807) is 36.6 Å². The van der Waals surface area contributed by atoms with Crippen LogP contribution in [0.25, 0.3) is 0 Å². The van der Waals surface area contributed by atoms with Crippen LogP contribution in [-0.2, 0) is 30.3 Å². The zero-order valence-corrected chi connectivity index (χ0v) is 33.8. The van der Waals surface area contributed by atoms with Crippen LogP contribution in [-0.4, -0.2) is 134 Å². The quantitative estimate of drug-likeness (QED) is 0.198. The van der Waals surface area contributed by atoms with Gasteiger partial charge in [-0.1, -0.05) is 0 Å². The van der Waals surface area contributed by atoms with E-state index >= 15 is 0 Å². The van der Waals surface area contributed by atoms with Gasteiger partial charge in [0.05, 0.1) is 12.7 Å². The minimum Gasteiger partial charge on any atom is -0.465 e. The number of ether oxygens (including phenoxy) is 3. The number of piperidine rings is 1. The summed E-state index contributed by atoms with van der Waals surface area (Å²) in [6.45, 7) is 14.6. The molecule has 1 atom stereocenters. The van der Waals surface area contributed by atoms with Crippen molar-refractivity contribution in [2.24, 2.45) is 0 Å². The van der Waals surface area contributed by atoms with Crippen LogP contribution in [0.4, 0.5) is 29.7 Å². The number of hydrogen-bond acceptors (Lipinski definition) is 12. The van der Waals surface area contributed by atoms with E-state index < -0.39 is 52.8 Å². The minimum absolute atomic E-state index is 0.0224. The van der Waals surface area contributed by atoms with Gasteiger partial charge in [-0.3, -0.25) is 24.5 Å². The Bertz CT molecular complexity index is 1960. The number of aldehydes is 1. The van der Waals surface area contributed by atoms with Crippen LogP contribution in [0.1, 0.15) is 91.0 Å². The third-order valence-corrected chi connectivity index (χ3v) is 9.77. The van der Waals surface area contributed by atoms with E-state index in [0.29, 0.717) is 75.6 Å². The van der Waals surface area contributed by atoms with Crippen LogP contribution in [0.2, 0.25) is 0 Å². The van der Waals surface area contributed by atoms with Crippen molar-refractivity contribution in [1.82, 2.24) is 20.0 Å². The van der Waals surface area contributed by atoms with Crippen molar-refractivity contribution in [2.45, 2.75) is 78.2 Å². The number of rotatable bonds is 5. The molecule has 1 unspecified atom stereocenters. The molecule has 3 fully saturated rings. The number of anilines is 2. The SMILES string of the molecule is CC(C)(C)OC(=O)N1CCN(c2cc(F)c3c(c2)CN(C2CCC(=O)NC2=O)C3=O)CC1.COC(=O)c1c(F)cc(N2CCN(C(=O)OC(C)(C)C)CC2)cc1C=O. The van der Waals surface area contributed by atoms with Crippen LogP contribution < -0.4 is 15.1 Å². The van der Waals surface area contributed by atoms with Gasteiger partial charge in [-0.05, 0) is 77.8 Å². The molecule has 16 nitrogen and oxygen atoms in total. The van der Waals surface area contributed by atoms with Gasteiger partial charge in [0.1, 0.15) is 34.4 Å². The number of halogens is 2. The molecule has 0 radical (unpaired) electrons. The number of imide groups is 1. The van der Waals surface area contributed by atoms with Gasteiger partial charge in [-0.2, -0.15) is 0 Å². The lowest BCUT2D eigenvalue weighted by Crippen LogP contribution is -2.52. The van der Waals surface area contributed by atoms with Crippen LogP contribution in [0.5, 0.6) is 0 Å². The third kappa shape index (κ3) is 10.2. The minimum atomic E-state index is -0.897. The molecule has 1 N–H and O–H groups in total. The van der Waals surface area contributed by atoms with Crippen molar-refractivity contribution in [3.05, 3.63) is 58.2 Å². The average molecular weight is 813 g/mol. The summed E-state index contributed by atoms with van der Waals surface area (Å²) in [6, 6.07) is 4.96. The van der Waals surface area contributed by atoms with Crippen LogP contribution >= 0.6 is 0 Å². The van der Waals surface area contributed by atoms with Crippen LogP contribution in [0, 0.1) is 11.6 Å². The zero-order chi connectivity index (χ0) is 42.7. The first-order valence-electron chi connectivity index (χ1n) is 19.0. The molecule has 314 valence electrons. The number of carbonyl (C=O) groups excluding carboxylic acids is 7. The highest BCUT2D eigenvalue weighted by atomic mass is 19.1. The Morgan fingerprint density at radius 3 is 1.72 bits per heavy atom. The van der Waals surface area contributed by atoms with Gasteiger partial charge in [0, 0.05) is 82.3 Å². The summed E-state index contributed by atoms with van der Waals surface area (Å²) in [5, 5.41) is 2.24. The molecule has 4 aliphatic rings. The number of fused-ring (bicyclic) bond motifs is 1. The number of carbonyl (C=O) groups is 7. The smallest absolute Gasteiger partial charge is 0.410 e. The molecule has 5 amide bonds. The van der Waals surface area contributed by atoms with Crippen molar-refractivity contribution in [3.63, 3.8) is 0 Å². The normalized spacial score (nSPS) is 18.5. The number of nitrogens with zero attached hydrogens (tertiary/aromatic N) is 5. The first kappa shape index (κ1) is 43.3. The fraction of sp³-hybridized carbons (Fsp3) is 0.525. The molecule has 3 saturated heterocycles. The number of benzene rings is 2. The monoisotopic (exact) mass is 812 g/mol. The summed E-state index contributed by atoms with van der Waals surface area (Å²) in [6.07, 6.45) is 0.0358. The van der Waals surface area contributed by atoms with Crippen molar-refractivity contribution in [2.75, 3.05) is 69.3 Å². The second-order valence-corrected chi connectivity index (χ2v) is 16.3. The Labute approximate surface area is 335 Å². The predicted octanol–water partition coefficient (Wildman–Crippen LogP) is 4.13. The molecule has 2 aromatic rings. The maximum Gasteiger partial charge on any atom is 0.410 e. The Morgan fingerprint density at radius 1 is 0.759 bits per heavy atom. The number of methoxy groups -OCH3 is 1. The van der Waals surface area contributed by atoms with Gasteiger partial charge >= 0.3 is 18.2 Å². The number of nitrogens with one attached hydrogen (secondary N) is 1. The fourth-order valence-corrected chi connectivity index (χ4v) is 6.98. The third-order valence-electron chi connectivity index (χ3n) is 9.77. The summed E-state index contributed by atoms with van der Waals surface area (Å²) in [4.78, 5) is 92.0. The van der Waals surface area contributed by atoms with Gasteiger partial charge < -0.3 is 38.7 Å². The molecule has 0 aromatic heterocycles. The van der Waals surface area contributed by atoms with Crippen molar-refractivity contribution in [1.29, 1.82) is 0 Å². The van der Waals surface area contributed by atoms with E-state index in [4.69, 9.17) is 9.47 Å². The average Bonchev–Trinajstić information content (AvgIpc) is 3.49. The lowest BCUT2D eigenvalue weighted by atomic mass is 10.0. The lowest BCUT2D eigenvalue weighted by molar-refractivity contribution is -0.136. The maximum atomic E-state index is 14.9. The molecular weight excluding hydrogens is 762 g/mol. The van der Waals surface area contributed by atoms with E-state index in [1.165, 1.54) is 23.1 Å². The van der Waals surface area contributed by atoms with Crippen molar-refractivity contribution < 1.29 is 56.6 Å². The number of esters is 1. The second kappa shape index (κ2) is 17.4. The zero-order valence-electron chi connectivity index (χ0n) is 33.8. The molecular formula is C40H50F2N6O10. The first-order valence-corrected chi connectivity index (χ1v) is 19.0. The predicted molar refractivity (Wildman–Crippen MR) is 206 cm³/mol. The van der Waals surface area contributed by atoms with Gasteiger partial charge in [0.2, 0.25) is 11.8 Å². The van der Waals surface area contributed by atoms with Gasteiger partial charge in [-0.15, -0.1) is 0 Å². The molecule has 0 bridgehead atoms. The molecule has 0 saturated carbocycles. The molecule has 4 heterocycles. The molecule has 18 heteroatoms. The summed E-state index contributed by atoms with van der Waals surface area (Å²) in [7, 11) is 1.13. The molecule has 0 aliphatic carbocycles. The highest BCUT2D eigenvalue weighted by Crippen LogP contribution is 2.33. The summed E-state index contributed by atoms with van der Waals surface area (Å²) >= 11 is 0. The number of hydrogen-bond donors (Lipinski definition) is 1. The lowest BCUT2D eigenvalue weighted by Gasteiger charge is -2.37. The van der Waals surface area contributed by atoms with E-state index in [1.807, 2.05) is 30.6 Å². The van der Waals surface area contributed by atoms with Gasteiger partial charge in [0.15, 0.2) is 6.29 Å². The van der Waals surface area contributed by atoms with Crippen molar-refractivity contribution in [3.8, 4) is 0 Å². The van der Waals surface area contributed by atoms with Crippen LogP contribution in [0.3, 0.4) is 0 Å². The number of piperazine rings is 2. The van der Waals surface area contributed by atoms with E-state index in [9.17, 15) is 42.3 Å². The molecule has 6 rings (SSSR count). The fourth-order valence-electron chi connectivity index (χ4n) is 6.98. The molecule has 0 spiro atoms. The van der Waals surface area contributed by atoms with E-state index in [2.05, 4.69) is 10.1 Å². The second-order valence-electron chi connectivity index (χ2n) is 16.3. The van der Waals surface area contributed by atoms with Crippen molar-refractivity contribution >= 4 is 53.5 Å². The molecule has 58 heavy (non-hydrogen) atoms.